The first-order valence-electron chi connectivity index (χ1n) is 5.99. The van der Waals surface area contributed by atoms with Gasteiger partial charge in [0.05, 0.1) is 6.54 Å². The number of ketones is 1. The van der Waals surface area contributed by atoms with Crippen LogP contribution in [0.1, 0.15) is 15.9 Å². The van der Waals surface area contributed by atoms with E-state index < -0.39 is 5.91 Å². The van der Waals surface area contributed by atoms with Crippen LogP contribution < -0.4 is 11.1 Å². The van der Waals surface area contributed by atoms with E-state index in [1.165, 1.54) is 0 Å². The van der Waals surface area contributed by atoms with E-state index in [2.05, 4.69) is 21.2 Å². The summed E-state index contributed by atoms with van der Waals surface area (Å²) in [7, 11) is 0. The summed E-state index contributed by atoms with van der Waals surface area (Å²) >= 11 is 3.35. The zero-order valence-electron chi connectivity index (χ0n) is 10.6. The van der Waals surface area contributed by atoms with Crippen LogP contribution in [-0.2, 0) is 4.79 Å². The Morgan fingerprint density at radius 3 is 2.45 bits per heavy atom. The van der Waals surface area contributed by atoms with Crippen molar-refractivity contribution in [3.63, 3.8) is 0 Å². The van der Waals surface area contributed by atoms with Crippen LogP contribution in [0.3, 0.4) is 0 Å². The molecule has 0 aliphatic carbocycles. The van der Waals surface area contributed by atoms with Gasteiger partial charge in [0.15, 0.2) is 5.78 Å². The van der Waals surface area contributed by atoms with Gasteiger partial charge in [0.1, 0.15) is 0 Å². The van der Waals surface area contributed by atoms with E-state index in [9.17, 15) is 9.59 Å². The van der Waals surface area contributed by atoms with Crippen molar-refractivity contribution in [2.75, 3.05) is 11.9 Å². The molecular weight excluding hydrogens is 320 g/mol. The zero-order chi connectivity index (χ0) is 14.5. The molecule has 0 unspecified atom stereocenters. The van der Waals surface area contributed by atoms with Crippen molar-refractivity contribution >= 4 is 33.3 Å². The number of carbonyl (C=O) groups excluding carboxylic acids is 2. The van der Waals surface area contributed by atoms with Gasteiger partial charge in [-0.1, -0.05) is 46.3 Å². The molecule has 0 aliphatic heterocycles. The minimum atomic E-state index is -0.481. The normalized spacial score (nSPS) is 10.1. The molecule has 0 saturated heterocycles. The zero-order valence-corrected chi connectivity index (χ0v) is 12.2. The average molecular weight is 333 g/mol. The van der Waals surface area contributed by atoms with Crippen LogP contribution in [0.15, 0.2) is 53.0 Å². The molecule has 20 heavy (non-hydrogen) atoms. The highest BCUT2D eigenvalue weighted by molar-refractivity contribution is 9.10. The number of benzene rings is 2. The second kappa shape index (κ2) is 6.34. The maximum absolute atomic E-state index is 12.5. The van der Waals surface area contributed by atoms with Gasteiger partial charge >= 0.3 is 0 Å². The molecule has 0 spiro atoms. The lowest BCUT2D eigenvalue weighted by molar-refractivity contribution is -0.116. The molecule has 2 rings (SSSR count). The lowest BCUT2D eigenvalue weighted by Crippen LogP contribution is -2.22. The van der Waals surface area contributed by atoms with Gasteiger partial charge < -0.3 is 11.1 Å². The molecule has 0 radical (unpaired) electrons. The first kappa shape index (κ1) is 14.3. The third-order valence-electron chi connectivity index (χ3n) is 2.72. The number of nitrogens with two attached hydrogens (primary N) is 1. The van der Waals surface area contributed by atoms with Crippen molar-refractivity contribution in [2.24, 2.45) is 5.73 Å². The molecule has 0 aliphatic rings. The van der Waals surface area contributed by atoms with Crippen molar-refractivity contribution in [1.29, 1.82) is 0 Å². The molecule has 0 fully saturated rings. The van der Waals surface area contributed by atoms with Crippen LogP contribution in [0.2, 0.25) is 0 Å². The highest BCUT2D eigenvalue weighted by atomic mass is 79.9. The summed E-state index contributed by atoms with van der Waals surface area (Å²) < 4.78 is 0.793. The number of nitrogens with one attached hydrogen (secondary N) is 1. The van der Waals surface area contributed by atoms with Gasteiger partial charge in [0, 0.05) is 21.3 Å². The van der Waals surface area contributed by atoms with Gasteiger partial charge in [-0.25, -0.2) is 0 Å². The molecule has 2 aromatic rings. The first-order valence-corrected chi connectivity index (χ1v) is 6.78. The number of carbonyl (C=O) groups is 2. The fourth-order valence-corrected chi connectivity index (χ4v) is 2.15. The van der Waals surface area contributed by atoms with Crippen LogP contribution in [0.5, 0.6) is 0 Å². The molecular formula is C15H13BrN2O2. The van der Waals surface area contributed by atoms with Gasteiger partial charge in [-0.15, -0.1) is 0 Å². The Morgan fingerprint density at radius 2 is 1.80 bits per heavy atom. The molecule has 102 valence electrons. The van der Waals surface area contributed by atoms with Crippen molar-refractivity contribution < 1.29 is 9.59 Å². The third kappa shape index (κ3) is 3.45. The second-order valence-corrected chi connectivity index (χ2v) is 5.12. The van der Waals surface area contributed by atoms with Crippen molar-refractivity contribution in [2.45, 2.75) is 0 Å². The van der Waals surface area contributed by atoms with E-state index in [1.54, 1.807) is 30.3 Å². The minimum absolute atomic E-state index is 0.0172. The Bertz CT molecular complexity index is 642. The fourth-order valence-electron chi connectivity index (χ4n) is 1.79. The Morgan fingerprint density at radius 1 is 1.10 bits per heavy atom. The van der Waals surface area contributed by atoms with Crippen molar-refractivity contribution in [3.8, 4) is 0 Å². The fraction of sp³-hybridized carbons (Fsp3) is 0.0667. The molecule has 5 heteroatoms. The van der Waals surface area contributed by atoms with Crippen LogP contribution in [0.4, 0.5) is 5.69 Å². The molecule has 0 atom stereocenters. The van der Waals surface area contributed by atoms with Gasteiger partial charge in [-0.2, -0.15) is 0 Å². The van der Waals surface area contributed by atoms with E-state index in [4.69, 9.17) is 5.73 Å². The van der Waals surface area contributed by atoms with Gasteiger partial charge in [-0.3, -0.25) is 9.59 Å². The minimum Gasteiger partial charge on any atom is -0.376 e. The summed E-state index contributed by atoms with van der Waals surface area (Å²) in [4.78, 5) is 23.3. The SMILES string of the molecule is NC(=O)CNc1ccc(Br)cc1C(=O)c1ccccc1. The average Bonchev–Trinajstić information content (AvgIpc) is 2.46. The number of hydrogen-bond acceptors (Lipinski definition) is 3. The highest BCUT2D eigenvalue weighted by Crippen LogP contribution is 2.23. The van der Waals surface area contributed by atoms with Crippen LogP contribution in [0.25, 0.3) is 0 Å². The molecule has 0 heterocycles. The van der Waals surface area contributed by atoms with Crippen molar-refractivity contribution in [3.05, 3.63) is 64.1 Å². The summed E-state index contributed by atoms with van der Waals surface area (Å²) in [5.41, 5.74) is 6.78. The monoisotopic (exact) mass is 332 g/mol. The molecule has 0 saturated carbocycles. The molecule has 4 nitrogen and oxygen atoms in total. The Hall–Kier alpha value is -2.14. The smallest absolute Gasteiger partial charge is 0.236 e. The van der Waals surface area contributed by atoms with Crippen molar-refractivity contribution in [1.82, 2.24) is 0 Å². The number of halogens is 1. The van der Waals surface area contributed by atoms with Gasteiger partial charge in [0.25, 0.3) is 0 Å². The molecule has 1 amide bonds. The first-order chi connectivity index (χ1) is 9.58. The quantitative estimate of drug-likeness (QED) is 0.826. The largest absolute Gasteiger partial charge is 0.376 e. The number of hydrogen-bond donors (Lipinski definition) is 2. The maximum Gasteiger partial charge on any atom is 0.236 e. The number of primary amides is 1. The highest BCUT2D eigenvalue weighted by Gasteiger charge is 2.14. The second-order valence-electron chi connectivity index (χ2n) is 4.20. The molecule has 3 N–H and O–H groups in total. The predicted octanol–water partition coefficient (Wildman–Crippen LogP) is 2.58. The standard InChI is InChI=1S/C15H13BrN2O2/c16-11-6-7-13(18-9-14(17)19)12(8-11)15(20)10-4-2-1-3-5-10/h1-8,18H,9H2,(H2,17,19). The number of rotatable bonds is 5. The van der Waals surface area contributed by atoms with E-state index in [0.29, 0.717) is 16.8 Å². The van der Waals surface area contributed by atoms with E-state index >= 15 is 0 Å². The van der Waals surface area contributed by atoms with Crippen LogP contribution in [0, 0.1) is 0 Å². The van der Waals surface area contributed by atoms with Gasteiger partial charge in [0.2, 0.25) is 5.91 Å². The van der Waals surface area contributed by atoms with E-state index in [-0.39, 0.29) is 12.3 Å². The summed E-state index contributed by atoms with van der Waals surface area (Å²) in [5, 5.41) is 2.87. The summed E-state index contributed by atoms with van der Waals surface area (Å²) in [6, 6.07) is 14.2. The predicted molar refractivity (Wildman–Crippen MR) is 81.7 cm³/mol. The Balaban J connectivity index is 2.36. The number of anilines is 1. The van der Waals surface area contributed by atoms with Crippen LogP contribution in [-0.4, -0.2) is 18.2 Å². The summed E-state index contributed by atoms with van der Waals surface area (Å²) in [5.74, 6) is -0.593. The lowest BCUT2D eigenvalue weighted by Gasteiger charge is -2.11. The molecule has 2 aromatic carbocycles. The maximum atomic E-state index is 12.5. The molecule has 0 bridgehead atoms. The topological polar surface area (TPSA) is 72.2 Å². The van der Waals surface area contributed by atoms with E-state index in [1.807, 2.05) is 18.2 Å². The number of amides is 1. The van der Waals surface area contributed by atoms with E-state index in [0.717, 1.165) is 4.47 Å². The Kier molecular flexibility index (Phi) is 4.53. The molecule has 0 aromatic heterocycles. The lowest BCUT2D eigenvalue weighted by atomic mass is 10.0. The van der Waals surface area contributed by atoms with Gasteiger partial charge in [-0.05, 0) is 18.2 Å². The Labute approximate surface area is 125 Å². The summed E-state index contributed by atoms with van der Waals surface area (Å²) in [6.45, 7) is -0.0172. The van der Waals surface area contributed by atoms with Crippen LogP contribution >= 0.6 is 15.9 Å². The third-order valence-corrected chi connectivity index (χ3v) is 3.21. The summed E-state index contributed by atoms with van der Waals surface area (Å²) in [6.07, 6.45) is 0.